The lowest BCUT2D eigenvalue weighted by molar-refractivity contribution is 0.0303. The molecule has 0 spiro atoms. The normalized spacial score (nSPS) is 12.1. The van der Waals surface area contributed by atoms with E-state index < -0.39 is 29.8 Å². The lowest BCUT2D eigenvalue weighted by atomic mass is 10.1. The van der Waals surface area contributed by atoms with Crippen LogP contribution in [-0.2, 0) is 4.74 Å². The first kappa shape index (κ1) is 45.1. The molecule has 0 radical (unpaired) electrons. The molecule has 0 atom stereocenters. The van der Waals surface area contributed by atoms with Crippen molar-refractivity contribution in [2.75, 3.05) is 26.3 Å². The average molecular weight is 919 g/mol. The Labute approximate surface area is 381 Å². The zero-order chi connectivity index (χ0) is 48.1. The molecule has 1 aliphatic rings. The molecule has 5 N–H and O–H groups in total. The van der Waals surface area contributed by atoms with Gasteiger partial charge in [0.05, 0.1) is 41.0 Å². The number of carboxylic acid groups (broad SMARTS) is 5. The SMILES string of the molecule is O=C(O)c1cccc(-c2nc3cc(C(=O)N4CCOCC4)ccc3o2)c1.O=C(O)c1cccc(-c2nc3cc(C(=O)O)ccc3o2)c1.O=C(O)c1cccc(-c2nc3ccc(C(=O)O)cc3o2)c1. The van der Waals surface area contributed by atoms with Crippen molar-refractivity contribution in [2.24, 2.45) is 0 Å². The number of carbonyl (C=O) groups is 6. The van der Waals surface area contributed by atoms with Gasteiger partial charge in [0.2, 0.25) is 17.7 Å². The summed E-state index contributed by atoms with van der Waals surface area (Å²) in [6.45, 7) is 2.23. The standard InChI is InChI=1S/C19H16N2O5.2C15H9NO5/c22-18(21-6-8-25-9-7-21)13-4-5-16-15(11-13)20-17(26-16)12-2-1-3-14(10-12)19(23)24;17-14(18)9-3-1-2-8(6-9)13-16-11-7-10(15(19)20)4-5-12(11)21-13;17-14(18)9-3-1-2-8(6-9)13-16-11-5-4-10(15(19)20)7-12(11)21-13/h1-5,10-11H,6-9H2,(H,23,24);2*1-7H,(H,17,18)(H,19,20). The molecular weight excluding hydrogens is 885 g/mol. The van der Waals surface area contributed by atoms with Crippen molar-refractivity contribution >= 4 is 69.1 Å². The Balaban J connectivity index is 0.000000139. The third-order valence-corrected chi connectivity index (χ3v) is 10.3. The maximum Gasteiger partial charge on any atom is 0.335 e. The van der Waals surface area contributed by atoms with E-state index in [-0.39, 0.29) is 45.5 Å². The Kier molecular flexibility index (Phi) is 12.8. The van der Waals surface area contributed by atoms with Crippen LogP contribution in [0.5, 0.6) is 0 Å². The van der Waals surface area contributed by atoms with Crippen LogP contribution in [-0.4, -0.2) is 107 Å². The number of aromatic nitrogens is 3. The first-order chi connectivity index (χ1) is 32.7. The van der Waals surface area contributed by atoms with Crippen molar-refractivity contribution in [3.63, 3.8) is 0 Å². The quantitative estimate of drug-likeness (QED) is 0.0907. The van der Waals surface area contributed by atoms with Gasteiger partial charge in [-0.3, -0.25) is 4.79 Å². The van der Waals surface area contributed by atoms with Gasteiger partial charge in [-0.1, -0.05) is 18.2 Å². The van der Waals surface area contributed by atoms with Crippen LogP contribution in [0.1, 0.15) is 62.1 Å². The molecule has 1 saturated heterocycles. The molecule has 4 heterocycles. The summed E-state index contributed by atoms with van der Waals surface area (Å²) in [6, 6.07) is 32.6. The minimum Gasteiger partial charge on any atom is -0.478 e. The van der Waals surface area contributed by atoms with Crippen molar-refractivity contribution in [1.82, 2.24) is 19.9 Å². The van der Waals surface area contributed by atoms with Gasteiger partial charge in [0.25, 0.3) is 5.91 Å². The Morgan fingerprint density at radius 3 is 1.22 bits per heavy atom. The molecule has 10 rings (SSSR count). The lowest BCUT2D eigenvalue weighted by Gasteiger charge is -2.26. The van der Waals surface area contributed by atoms with Crippen molar-refractivity contribution in [3.05, 3.63) is 161 Å². The van der Waals surface area contributed by atoms with Crippen molar-refractivity contribution < 1.29 is 72.3 Å². The largest absolute Gasteiger partial charge is 0.478 e. The molecule has 1 fully saturated rings. The zero-order valence-corrected chi connectivity index (χ0v) is 35.1. The van der Waals surface area contributed by atoms with E-state index in [0.29, 0.717) is 87.7 Å². The van der Waals surface area contributed by atoms with E-state index in [9.17, 15) is 28.8 Å². The second-order valence-electron chi connectivity index (χ2n) is 14.8. The number of hydrogen-bond donors (Lipinski definition) is 5. The minimum absolute atomic E-state index is 0.0624. The van der Waals surface area contributed by atoms with Gasteiger partial charge in [-0.15, -0.1) is 0 Å². The molecule has 340 valence electrons. The number of ether oxygens (including phenoxy) is 1. The van der Waals surface area contributed by atoms with Gasteiger partial charge in [0.15, 0.2) is 16.7 Å². The Morgan fingerprint density at radius 1 is 0.397 bits per heavy atom. The molecule has 19 nitrogen and oxygen atoms in total. The zero-order valence-electron chi connectivity index (χ0n) is 35.1. The van der Waals surface area contributed by atoms with Gasteiger partial charge in [0.1, 0.15) is 16.6 Å². The molecule has 0 aliphatic carbocycles. The van der Waals surface area contributed by atoms with Crippen LogP contribution < -0.4 is 0 Å². The van der Waals surface area contributed by atoms with Crippen LogP contribution in [0.4, 0.5) is 0 Å². The molecule has 68 heavy (non-hydrogen) atoms. The predicted molar refractivity (Wildman–Crippen MR) is 240 cm³/mol. The monoisotopic (exact) mass is 918 g/mol. The molecule has 1 amide bonds. The van der Waals surface area contributed by atoms with E-state index in [1.165, 1.54) is 66.7 Å². The molecule has 0 unspecified atom stereocenters. The van der Waals surface area contributed by atoms with Crippen molar-refractivity contribution in [2.45, 2.75) is 0 Å². The third-order valence-electron chi connectivity index (χ3n) is 10.3. The topological polar surface area (TPSA) is 294 Å². The van der Waals surface area contributed by atoms with Gasteiger partial charge < -0.3 is 48.4 Å². The summed E-state index contributed by atoms with van der Waals surface area (Å²) in [5.74, 6) is -4.45. The second-order valence-corrected chi connectivity index (χ2v) is 14.8. The summed E-state index contributed by atoms with van der Waals surface area (Å²) in [4.78, 5) is 82.1. The summed E-state index contributed by atoms with van der Waals surface area (Å²) in [5, 5.41) is 44.9. The van der Waals surface area contributed by atoms with Crippen LogP contribution in [0.15, 0.2) is 141 Å². The summed E-state index contributed by atoms with van der Waals surface area (Å²) < 4.78 is 22.0. The smallest absolute Gasteiger partial charge is 0.335 e. The number of aromatic carboxylic acids is 5. The van der Waals surface area contributed by atoms with Crippen molar-refractivity contribution in [1.29, 1.82) is 0 Å². The highest BCUT2D eigenvalue weighted by molar-refractivity contribution is 5.98. The fourth-order valence-electron chi connectivity index (χ4n) is 6.85. The highest BCUT2D eigenvalue weighted by atomic mass is 16.5. The Hall–Kier alpha value is -9.49. The Morgan fingerprint density at radius 2 is 0.765 bits per heavy atom. The number of amides is 1. The average Bonchev–Trinajstić information content (AvgIpc) is 4.11. The molecule has 9 aromatic rings. The molecular formula is C49H34N4O15. The van der Waals surface area contributed by atoms with E-state index in [1.807, 2.05) is 0 Å². The number of carbonyl (C=O) groups excluding carboxylic acids is 1. The van der Waals surface area contributed by atoms with Crippen LogP contribution >= 0.6 is 0 Å². The number of oxazole rings is 3. The maximum absolute atomic E-state index is 12.6. The number of carboxylic acids is 5. The number of benzene rings is 6. The summed E-state index contributed by atoms with van der Waals surface area (Å²) in [7, 11) is 0. The molecule has 6 aromatic carbocycles. The number of rotatable bonds is 9. The van der Waals surface area contributed by atoms with E-state index in [1.54, 1.807) is 65.6 Å². The lowest BCUT2D eigenvalue weighted by Crippen LogP contribution is -2.40. The van der Waals surface area contributed by atoms with Crippen LogP contribution in [0, 0.1) is 0 Å². The Bertz CT molecular complexity index is 3290. The minimum atomic E-state index is -1.05. The van der Waals surface area contributed by atoms with Crippen molar-refractivity contribution in [3.8, 4) is 34.4 Å². The van der Waals surface area contributed by atoms with Gasteiger partial charge in [-0.25, -0.2) is 38.9 Å². The highest BCUT2D eigenvalue weighted by Gasteiger charge is 2.21. The fraction of sp³-hybridized carbons (Fsp3) is 0.0816. The predicted octanol–water partition coefficient (Wildman–Crippen LogP) is 8.45. The first-order valence-electron chi connectivity index (χ1n) is 20.3. The summed E-state index contributed by atoms with van der Waals surface area (Å²) in [5.41, 5.74) is 5.56. The second kappa shape index (κ2) is 19.3. The summed E-state index contributed by atoms with van der Waals surface area (Å²) in [6.07, 6.45) is 0. The van der Waals surface area contributed by atoms with Gasteiger partial charge in [-0.05, 0) is 109 Å². The van der Waals surface area contributed by atoms with Crippen LogP contribution in [0.25, 0.3) is 67.7 Å². The van der Waals surface area contributed by atoms with Gasteiger partial charge >= 0.3 is 29.8 Å². The summed E-state index contributed by atoms with van der Waals surface area (Å²) >= 11 is 0. The van der Waals surface area contributed by atoms with E-state index in [4.69, 9.17) is 43.5 Å². The van der Waals surface area contributed by atoms with Gasteiger partial charge in [0, 0.05) is 35.3 Å². The number of hydrogen-bond acceptors (Lipinski definition) is 13. The van der Waals surface area contributed by atoms with E-state index in [0.717, 1.165) is 0 Å². The number of nitrogens with zero attached hydrogens (tertiary/aromatic N) is 4. The number of morpholine rings is 1. The molecule has 19 heteroatoms. The van der Waals surface area contributed by atoms with Crippen LogP contribution in [0.2, 0.25) is 0 Å². The fourth-order valence-corrected chi connectivity index (χ4v) is 6.85. The van der Waals surface area contributed by atoms with E-state index in [2.05, 4.69) is 15.0 Å². The first-order valence-corrected chi connectivity index (χ1v) is 20.3. The van der Waals surface area contributed by atoms with Gasteiger partial charge in [-0.2, -0.15) is 0 Å². The van der Waals surface area contributed by atoms with E-state index >= 15 is 0 Å². The highest BCUT2D eigenvalue weighted by Crippen LogP contribution is 2.29. The molecule has 1 aliphatic heterocycles. The molecule has 0 bridgehead atoms. The number of fused-ring (bicyclic) bond motifs is 3. The molecule has 0 saturated carbocycles. The third kappa shape index (κ3) is 10.1. The van der Waals surface area contributed by atoms with Crippen LogP contribution in [0.3, 0.4) is 0 Å². The maximum atomic E-state index is 12.6. The molecule has 3 aromatic heterocycles.